The molecule has 6 aromatic carbocycles. The Morgan fingerprint density at radius 2 is 0.756 bits per heavy atom. The minimum atomic E-state index is -0.132. The monoisotopic (exact) mass is 530 g/mol. The fourth-order valence-corrected chi connectivity index (χ4v) is 5.82. The molecule has 0 unspecified atom stereocenters. The van der Waals surface area contributed by atoms with Crippen molar-refractivity contribution >= 4 is 0 Å². The Kier molecular flexibility index (Phi) is 6.17. The fraction of sp³-hybridized carbons (Fsp3) is 0.0769. The van der Waals surface area contributed by atoms with Crippen LogP contribution in [0.3, 0.4) is 0 Å². The largest absolute Gasteiger partial charge is 0.457 e. The number of fused-ring (bicyclic) bond motifs is 3. The van der Waals surface area contributed by atoms with Gasteiger partial charge in [-0.2, -0.15) is 0 Å². The van der Waals surface area contributed by atoms with Gasteiger partial charge >= 0.3 is 0 Å². The molecule has 2 nitrogen and oxygen atoms in total. The maximum atomic E-state index is 6.11. The second-order valence-electron chi connectivity index (χ2n) is 11.0. The Hall–Kier alpha value is -5.08. The number of hydrogen-bond donors (Lipinski definition) is 0. The molecule has 0 radical (unpaired) electrons. The van der Waals surface area contributed by atoms with Gasteiger partial charge in [0.2, 0.25) is 0 Å². The summed E-state index contributed by atoms with van der Waals surface area (Å²) < 4.78 is 12.2. The van der Waals surface area contributed by atoms with Crippen LogP contribution in [0.25, 0.3) is 33.4 Å². The summed E-state index contributed by atoms with van der Waals surface area (Å²) in [4.78, 5) is 0. The highest BCUT2D eigenvalue weighted by Crippen LogP contribution is 2.50. The summed E-state index contributed by atoms with van der Waals surface area (Å²) in [5.74, 6) is 3.34. The number of rotatable bonds is 6. The van der Waals surface area contributed by atoms with Crippen molar-refractivity contribution in [2.45, 2.75) is 19.3 Å². The predicted octanol–water partition coefficient (Wildman–Crippen LogP) is 10.9. The molecule has 6 aromatic rings. The summed E-state index contributed by atoms with van der Waals surface area (Å²) in [6.07, 6.45) is 0. The van der Waals surface area contributed by atoms with Crippen molar-refractivity contribution < 1.29 is 9.47 Å². The molecule has 0 heterocycles. The highest BCUT2D eigenvalue weighted by atomic mass is 16.5. The summed E-state index contributed by atoms with van der Waals surface area (Å²) in [7, 11) is 0. The van der Waals surface area contributed by atoms with Gasteiger partial charge in [-0.15, -0.1) is 0 Å². The average Bonchev–Trinajstić information content (AvgIpc) is 3.24. The third-order valence-corrected chi connectivity index (χ3v) is 7.97. The van der Waals surface area contributed by atoms with Gasteiger partial charge in [-0.05, 0) is 105 Å². The van der Waals surface area contributed by atoms with Gasteiger partial charge in [-0.3, -0.25) is 0 Å². The van der Waals surface area contributed by atoms with Crippen LogP contribution in [0, 0.1) is 0 Å². The van der Waals surface area contributed by atoms with Crippen molar-refractivity contribution in [3.05, 3.63) is 157 Å². The highest BCUT2D eigenvalue weighted by Gasteiger charge is 2.35. The molecule has 0 saturated heterocycles. The molecule has 198 valence electrons. The zero-order valence-corrected chi connectivity index (χ0v) is 23.2. The van der Waals surface area contributed by atoms with E-state index in [9.17, 15) is 0 Å². The number of hydrogen-bond acceptors (Lipinski definition) is 2. The lowest BCUT2D eigenvalue weighted by atomic mass is 9.81. The molecule has 0 atom stereocenters. The van der Waals surface area contributed by atoms with Crippen LogP contribution in [0.15, 0.2) is 146 Å². The van der Waals surface area contributed by atoms with Gasteiger partial charge in [-0.25, -0.2) is 0 Å². The van der Waals surface area contributed by atoms with Crippen molar-refractivity contribution in [2.24, 2.45) is 0 Å². The first-order chi connectivity index (χ1) is 20.0. The molecule has 0 spiro atoms. The maximum absolute atomic E-state index is 6.11. The lowest BCUT2D eigenvalue weighted by Gasteiger charge is -2.23. The van der Waals surface area contributed by atoms with Crippen molar-refractivity contribution in [3.63, 3.8) is 0 Å². The number of para-hydroxylation sites is 2. The molecule has 2 heteroatoms. The SMILES string of the molecule is CC1(C)c2cc(-c3cccc(Oc4ccccc4)c3)ccc2-c2ccc(-c3cccc(Oc4ccccc4)c3)cc21. The summed E-state index contributed by atoms with van der Waals surface area (Å²) in [6.45, 7) is 4.66. The van der Waals surface area contributed by atoms with E-state index in [-0.39, 0.29) is 5.41 Å². The van der Waals surface area contributed by atoms with E-state index in [0.29, 0.717) is 0 Å². The van der Waals surface area contributed by atoms with E-state index in [4.69, 9.17) is 9.47 Å². The Morgan fingerprint density at radius 1 is 0.366 bits per heavy atom. The third kappa shape index (κ3) is 4.79. The van der Waals surface area contributed by atoms with Crippen LogP contribution in [-0.4, -0.2) is 0 Å². The van der Waals surface area contributed by atoms with E-state index in [1.54, 1.807) is 0 Å². The minimum Gasteiger partial charge on any atom is -0.457 e. The molecule has 41 heavy (non-hydrogen) atoms. The van der Waals surface area contributed by atoms with E-state index in [1.165, 1.54) is 33.4 Å². The van der Waals surface area contributed by atoms with E-state index in [0.717, 1.165) is 34.1 Å². The zero-order chi connectivity index (χ0) is 27.8. The number of benzene rings is 6. The van der Waals surface area contributed by atoms with Gasteiger partial charge < -0.3 is 9.47 Å². The summed E-state index contributed by atoms with van der Waals surface area (Å²) in [5.41, 5.74) is 9.83. The molecular formula is C39H30O2. The van der Waals surface area contributed by atoms with Crippen molar-refractivity contribution in [1.29, 1.82) is 0 Å². The summed E-state index contributed by atoms with van der Waals surface area (Å²) >= 11 is 0. The molecule has 0 aliphatic heterocycles. The van der Waals surface area contributed by atoms with Crippen LogP contribution in [0.1, 0.15) is 25.0 Å². The van der Waals surface area contributed by atoms with Gasteiger partial charge in [0, 0.05) is 5.41 Å². The first-order valence-corrected chi connectivity index (χ1v) is 14.0. The molecule has 0 fully saturated rings. The standard InChI is InChI=1S/C39H30O2/c1-39(2)37-25-29(27-11-9-17-33(23-27)40-31-13-5-3-6-14-31)19-21-35(37)36-22-20-30(26-38(36)39)28-12-10-18-34(24-28)41-32-15-7-4-8-16-32/h3-26H,1-2H3. The second kappa shape index (κ2) is 10.1. The molecule has 1 aliphatic carbocycles. The summed E-state index contributed by atoms with van der Waals surface area (Å²) in [6, 6.07) is 50.2. The molecule has 0 saturated carbocycles. The van der Waals surface area contributed by atoms with Crippen molar-refractivity contribution in [1.82, 2.24) is 0 Å². The lowest BCUT2D eigenvalue weighted by Crippen LogP contribution is -2.15. The highest BCUT2D eigenvalue weighted by molar-refractivity contribution is 5.86. The summed E-state index contributed by atoms with van der Waals surface area (Å²) in [5, 5.41) is 0. The van der Waals surface area contributed by atoms with E-state index in [2.05, 4.69) is 86.6 Å². The Morgan fingerprint density at radius 3 is 1.20 bits per heavy atom. The van der Waals surface area contributed by atoms with Gasteiger partial charge in [0.05, 0.1) is 0 Å². The first kappa shape index (κ1) is 24.9. The molecule has 0 bridgehead atoms. The minimum absolute atomic E-state index is 0.132. The molecule has 0 amide bonds. The van der Waals surface area contributed by atoms with Crippen LogP contribution in [0.4, 0.5) is 0 Å². The van der Waals surface area contributed by atoms with E-state index >= 15 is 0 Å². The normalized spacial score (nSPS) is 12.8. The van der Waals surface area contributed by atoms with Gasteiger partial charge in [0.25, 0.3) is 0 Å². The quantitative estimate of drug-likeness (QED) is 0.213. The van der Waals surface area contributed by atoms with Crippen molar-refractivity contribution in [2.75, 3.05) is 0 Å². The first-order valence-electron chi connectivity index (χ1n) is 14.0. The second-order valence-corrected chi connectivity index (χ2v) is 11.0. The van der Waals surface area contributed by atoms with Crippen LogP contribution in [0.2, 0.25) is 0 Å². The van der Waals surface area contributed by atoms with Crippen LogP contribution >= 0.6 is 0 Å². The lowest BCUT2D eigenvalue weighted by molar-refractivity contribution is 0.482. The maximum Gasteiger partial charge on any atom is 0.128 e. The fourth-order valence-electron chi connectivity index (χ4n) is 5.82. The predicted molar refractivity (Wildman–Crippen MR) is 168 cm³/mol. The average molecular weight is 531 g/mol. The van der Waals surface area contributed by atoms with Crippen molar-refractivity contribution in [3.8, 4) is 56.4 Å². The molecular weight excluding hydrogens is 500 g/mol. The molecule has 1 aliphatic rings. The molecule has 7 rings (SSSR count). The Labute approximate surface area is 241 Å². The number of ether oxygens (including phenoxy) is 2. The van der Waals surface area contributed by atoms with Gasteiger partial charge in [0.1, 0.15) is 23.0 Å². The van der Waals surface area contributed by atoms with Crippen LogP contribution in [-0.2, 0) is 5.41 Å². The molecule has 0 aromatic heterocycles. The Bertz CT molecular complexity index is 1720. The third-order valence-electron chi connectivity index (χ3n) is 7.97. The van der Waals surface area contributed by atoms with Crippen LogP contribution in [0.5, 0.6) is 23.0 Å². The molecule has 0 N–H and O–H groups in total. The van der Waals surface area contributed by atoms with Gasteiger partial charge in [-0.1, -0.05) is 98.8 Å². The van der Waals surface area contributed by atoms with E-state index in [1.807, 2.05) is 72.8 Å². The smallest absolute Gasteiger partial charge is 0.128 e. The van der Waals surface area contributed by atoms with E-state index < -0.39 is 0 Å². The zero-order valence-electron chi connectivity index (χ0n) is 23.2. The van der Waals surface area contributed by atoms with Gasteiger partial charge in [0.15, 0.2) is 0 Å². The topological polar surface area (TPSA) is 18.5 Å². The Balaban J connectivity index is 1.20. The van der Waals surface area contributed by atoms with Crippen LogP contribution < -0.4 is 9.47 Å².